The standard InChI is InChI=1S/C22H24FN3O4S/c1-26(2)21(17-5-3-6-18(23)13-17)15-24-22(27)16-8-10-20(11-9-16)31(28,29)25-14-19-7-4-12-30-19/h3-13,21,25H,14-15H2,1-2H3,(H,24,27)/t21-/m0/s1. The number of likely N-dealkylation sites (N-methyl/N-ethyl adjacent to an activating group) is 1. The van der Waals surface area contributed by atoms with Crippen molar-refractivity contribution in [3.8, 4) is 0 Å². The van der Waals surface area contributed by atoms with Crippen LogP contribution in [0.1, 0.15) is 27.7 Å². The summed E-state index contributed by atoms with van der Waals surface area (Å²) in [6.07, 6.45) is 1.46. The molecule has 0 aliphatic carbocycles. The molecular formula is C22H24FN3O4S. The van der Waals surface area contributed by atoms with Crippen LogP contribution < -0.4 is 10.0 Å². The van der Waals surface area contributed by atoms with Gasteiger partial charge in [0.15, 0.2) is 0 Å². The summed E-state index contributed by atoms with van der Waals surface area (Å²) in [6.45, 7) is 0.295. The van der Waals surface area contributed by atoms with E-state index in [2.05, 4.69) is 10.0 Å². The van der Waals surface area contributed by atoms with Gasteiger partial charge in [0, 0.05) is 12.1 Å². The van der Waals surface area contributed by atoms with E-state index in [4.69, 9.17) is 4.42 Å². The lowest BCUT2D eigenvalue weighted by molar-refractivity contribution is 0.0942. The van der Waals surface area contributed by atoms with Crippen LogP contribution in [0, 0.1) is 5.82 Å². The number of benzene rings is 2. The van der Waals surface area contributed by atoms with Crippen LogP contribution in [-0.2, 0) is 16.6 Å². The van der Waals surface area contributed by atoms with E-state index in [0.29, 0.717) is 11.3 Å². The third kappa shape index (κ3) is 6.00. The molecule has 9 heteroatoms. The molecule has 0 radical (unpaired) electrons. The highest BCUT2D eigenvalue weighted by Gasteiger charge is 2.18. The molecule has 31 heavy (non-hydrogen) atoms. The van der Waals surface area contributed by atoms with Gasteiger partial charge in [0.1, 0.15) is 11.6 Å². The minimum absolute atomic E-state index is 0.0313. The molecule has 1 heterocycles. The number of amides is 1. The Kier molecular flexibility index (Phi) is 7.21. The van der Waals surface area contributed by atoms with Crippen LogP contribution in [0.4, 0.5) is 4.39 Å². The van der Waals surface area contributed by atoms with Crippen molar-refractivity contribution >= 4 is 15.9 Å². The Balaban J connectivity index is 1.63. The van der Waals surface area contributed by atoms with Crippen LogP contribution in [0.25, 0.3) is 0 Å². The van der Waals surface area contributed by atoms with Crippen molar-refractivity contribution < 1.29 is 22.0 Å². The lowest BCUT2D eigenvalue weighted by Gasteiger charge is -2.25. The lowest BCUT2D eigenvalue weighted by atomic mass is 10.1. The molecule has 2 aromatic carbocycles. The van der Waals surface area contributed by atoms with Gasteiger partial charge in [-0.15, -0.1) is 0 Å². The van der Waals surface area contributed by atoms with Crippen molar-refractivity contribution in [2.45, 2.75) is 17.5 Å². The quantitative estimate of drug-likeness (QED) is 0.528. The van der Waals surface area contributed by atoms with E-state index in [-0.39, 0.29) is 35.8 Å². The zero-order valence-electron chi connectivity index (χ0n) is 17.2. The van der Waals surface area contributed by atoms with Crippen LogP contribution in [0.5, 0.6) is 0 Å². The summed E-state index contributed by atoms with van der Waals surface area (Å²) in [4.78, 5) is 14.5. The number of carbonyl (C=O) groups excluding carboxylic acids is 1. The molecule has 3 rings (SSSR count). The Morgan fingerprint density at radius 2 is 1.84 bits per heavy atom. The Bertz CT molecular complexity index is 1110. The number of furan rings is 1. The maximum Gasteiger partial charge on any atom is 0.251 e. The molecule has 1 aromatic heterocycles. The normalized spacial score (nSPS) is 12.6. The minimum atomic E-state index is -3.74. The Morgan fingerprint density at radius 1 is 1.10 bits per heavy atom. The summed E-state index contributed by atoms with van der Waals surface area (Å²) in [5, 5.41) is 2.82. The molecule has 0 saturated carbocycles. The van der Waals surface area contributed by atoms with Crippen molar-refractivity contribution in [2.24, 2.45) is 0 Å². The molecule has 0 aliphatic rings. The van der Waals surface area contributed by atoms with Crippen molar-refractivity contribution in [1.82, 2.24) is 14.9 Å². The number of rotatable bonds is 9. The van der Waals surface area contributed by atoms with Gasteiger partial charge >= 0.3 is 0 Å². The number of carbonyl (C=O) groups is 1. The van der Waals surface area contributed by atoms with E-state index < -0.39 is 10.0 Å². The maximum absolute atomic E-state index is 13.6. The fraction of sp³-hybridized carbons (Fsp3) is 0.227. The fourth-order valence-electron chi connectivity index (χ4n) is 3.05. The monoisotopic (exact) mass is 445 g/mol. The van der Waals surface area contributed by atoms with Crippen LogP contribution in [0.2, 0.25) is 0 Å². The SMILES string of the molecule is CN(C)[C@@H](CNC(=O)c1ccc(S(=O)(=O)NCc2ccco2)cc1)c1cccc(F)c1. The van der Waals surface area contributed by atoms with Gasteiger partial charge in [-0.2, -0.15) is 0 Å². The van der Waals surface area contributed by atoms with Gasteiger partial charge < -0.3 is 14.6 Å². The topological polar surface area (TPSA) is 91.7 Å². The van der Waals surface area contributed by atoms with Crippen LogP contribution in [0.15, 0.2) is 76.2 Å². The summed E-state index contributed by atoms with van der Waals surface area (Å²) in [6, 6.07) is 15.0. The van der Waals surface area contributed by atoms with Crippen molar-refractivity contribution in [3.05, 3.63) is 89.6 Å². The van der Waals surface area contributed by atoms with Gasteiger partial charge in [0.05, 0.1) is 23.7 Å². The average molecular weight is 446 g/mol. The van der Waals surface area contributed by atoms with Gasteiger partial charge in [-0.25, -0.2) is 17.5 Å². The number of sulfonamides is 1. The zero-order valence-corrected chi connectivity index (χ0v) is 18.0. The van der Waals surface area contributed by atoms with E-state index in [9.17, 15) is 17.6 Å². The maximum atomic E-state index is 13.6. The van der Waals surface area contributed by atoms with Crippen molar-refractivity contribution in [2.75, 3.05) is 20.6 Å². The molecular weight excluding hydrogens is 421 g/mol. The fourth-order valence-corrected chi connectivity index (χ4v) is 4.05. The largest absolute Gasteiger partial charge is 0.468 e. The highest BCUT2D eigenvalue weighted by Crippen LogP contribution is 2.19. The van der Waals surface area contributed by atoms with Crippen molar-refractivity contribution in [3.63, 3.8) is 0 Å². The van der Waals surface area contributed by atoms with Crippen LogP contribution in [-0.4, -0.2) is 39.9 Å². The smallest absolute Gasteiger partial charge is 0.251 e. The molecule has 0 spiro atoms. The van der Waals surface area contributed by atoms with Gasteiger partial charge in [0.2, 0.25) is 10.0 Å². The molecule has 2 N–H and O–H groups in total. The third-order valence-corrected chi connectivity index (χ3v) is 6.17. The molecule has 0 saturated heterocycles. The number of halogens is 1. The van der Waals surface area contributed by atoms with E-state index in [1.807, 2.05) is 19.0 Å². The second-order valence-electron chi connectivity index (χ2n) is 7.17. The molecule has 0 aliphatic heterocycles. The highest BCUT2D eigenvalue weighted by molar-refractivity contribution is 7.89. The lowest BCUT2D eigenvalue weighted by Crippen LogP contribution is -2.34. The second-order valence-corrected chi connectivity index (χ2v) is 8.94. The molecule has 0 fully saturated rings. The minimum Gasteiger partial charge on any atom is -0.468 e. The molecule has 1 amide bonds. The Labute approximate surface area is 180 Å². The number of hydrogen-bond donors (Lipinski definition) is 2. The van der Waals surface area contributed by atoms with E-state index in [1.165, 1.54) is 42.7 Å². The van der Waals surface area contributed by atoms with Gasteiger partial charge in [0.25, 0.3) is 5.91 Å². The van der Waals surface area contributed by atoms with E-state index in [1.54, 1.807) is 24.3 Å². The molecule has 7 nitrogen and oxygen atoms in total. The first-order valence-electron chi connectivity index (χ1n) is 9.58. The Morgan fingerprint density at radius 3 is 2.45 bits per heavy atom. The first-order chi connectivity index (χ1) is 14.8. The average Bonchev–Trinajstić information content (AvgIpc) is 3.26. The molecule has 3 aromatic rings. The number of nitrogens with one attached hydrogen (secondary N) is 2. The first kappa shape index (κ1) is 22.7. The molecule has 1 atom stereocenters. The first-order valence-corrected chi connectivity index (χ1v) is 11.1. The summed E-state index contributed by atoms with van der Waals surface area (Å²) in [5.74, 6) is -0.197. The van der Waals surface area contributed by atoms with E-state index in [0.717, 1.165) is 5.56 Å². The van der Waals surface area contributed by atoms with Crippen LogP contribution in [0.3, 0.4) is 0 Å². The molecule has 164 valence electrons. The molecule has 0 unspecified atom stereocenters. The van der Waals surface area contributed by atoms with Gasteiger partial charge in [-0.05, 0) is 68.2 Å². The Hall–Kier alpha value is -3.01. The molecule has 0 bridgehead atoms. The summed E-state index contributed by atoms with van der Waals surface area (Å²) < 4.78 is 45.9. The summed E-state index contributed by atoms with van der Waals surface area (Å²) in [5.41, 5.74) is 1.07. The second kappa shape index (κ2) is 9.86. The van der Waals surface area contributed by atoms with E-state index >= 15 is 0 Å². The van der Waals surface area contributed by atoms with Gasteiger partial charge in [-0.3, -0.25) is 4.79 Å². The van der Waals surface area contributed by atoms with Crippen LogP contribution >= 0.6 is 0 Å². The summed E-state index contributed by atoms with van der Waals surface area (Å²) in [7, 11) is -0.0511. The predicted octanol–water partition coefficient (Wildman–Crippen LogP) is 2.93. The number of nitrogens with zero attached hydrogens (tertiary/aromatic N) is 1. The summed E-state index contributed by atoms with van der Waals surface area (Å²) >= 11 is 0. The van der Waals surface area contributed by atoms with Gasteiger partial charge in [-0.1, -0.05) is 12.1 Å². The highest BCUT2D eigenvalue weighted by atomic mass is 32.2. The van der Waals surface area contributed by atoms with Crippen molar-refractivity contribution in [1.29, 1.82) is 0 Å². The zero-order chi connectivity index (χ0) is 22.4. The third-order valence-electron chi connectivity index (χ3n) is 4.76. The number of hydrogen-bond acceptors (Lipinski definition) is 5. The predicted molar refractivity (Wildman–Crippen MR) is 114 cm³/mol.